The molecule has 0 bridgehead atoms. The lowest BCUT2D eigenvalue weighted by atomic mass is 10.1. The molecule has 0 aliphatic carbocycles. The Morgan fingerprint density at radius 2 is 1.83 bits per heavy atom. The predicted octanol–water partition coefficient (Wildman–Crippen LogP) is 3.98. The van der Waals surface area contributed by atoms with Crippen molar-refractivity contribution in [3.05, 3.63) is 72.6 Å². The van der Waals surface area contributed by atoms with E-state index in [0.29, 0.717) is 5.82 Å². The van der Waals surface area contributed by atoms with Crippen molar-refractivity contribution in [3.63, 3.8) is 0 Å². The molecule has 0 unspecified atom stereocenters. The van der Waals surface area contributed by atoms with Gasteiger partial charge in [-0.2, -0.15) is 5.10 Å². The summed E-state index contributed by atoms with van der Waals surface area (Å²) in [6.07, 6.45) is 3.62. The zero-order chi connectivity index (χ0) is 15.8. The Hall–Kier alpha value is -3.14. The van der Waals surface area contributed by atoms with E-state index < -0.39 is 0 Å². The fourth-order valence-electron chi connectivity index (χ4n) is 2.79. The second-order valence-corrected chi connectivity index (χ2v) is 5.64. The minimum atomic E-state index is 0.523. The van der Waals surface area contributed by atoms with Crippen LogP contribution in [0.1, 0.15) is 5.56 Å². The molecule has 2 heterocycles. The summed E-state index contributed by atoms with van der Waals surface area (Å²) in [5.74, 6) is 0.523. The van der Waals surface area contributed by atoms with Crippen molar-refractivity contribution in [3.8, 4) is 16.8 Å². The van der Waals surface area contributed by atoms with Crippen LogP contribution in [-0.4, -0.2) is 14.8 Å². The third-order valence-corrected chi connectivity index (χ3v) is 3.93. The van der Waals surface area contributed by atoms with E-state index in [-0.39, 0.29) is 0 Å². The molecule has 0 fully saturated rings. The smallest absolute Gasteiger partial charge is 0.123 e. The van der Waals surface area contributed by atoms with E-state index >= 15 is 0 Å². The number of benzene rings is 2. The SMILES string of the molecule is Cc1cccc(-n2ncc3ccc(-c4ccnc(N)c4)cc32)c1. The zero-order valence-electron chi connectivity index (χ0n) is 12.8. The lowest BCUT2D eigenvalue weighted by Gasteiger charge is -2.07. The Morgan fingerprint density at radius 3 is 2.65 bits per heavy atom. The predicted molar refractivity (Wildman–Crippen MR) is 93.5 cm³/mol. The molecule has 0 saturated carbocycles. The Balaban J connectivity index is 1.90. The van der Waals surface area contributed by atoms with Crippen molar-refractivity contribution in [1.82, 2.24) is 14.8 Å². The van der Waals surface area contributed by atoms with Gasteiger partial charge in [-0.3, -0.25) is 0 Å². The summed E-state index contributed by atoms with van der Waals surface area (Å²) >= 11 is 0. The molecule has 4 rings (SSSR count). The van der Waals surface area contributed by atoms with Crippen LogP contribution in [0.5, 0.6) is 0 Å². The monoisotopic (exact) mass is 300 g/mol. The maximum Gasteiger partial charge on any atom is 0.123 e. The molecule has 2 aromatic heterocycles. The number of anilines is 1. The molecule has 2 N–H and O–H groups in total. The van der Waals surface area contributed by atoms with Crippen LogP contribution in [0.25, 0.3) is 27.7 Å². The van der Waals surface area contributed by atoms with Crippen LogP contribution >= 0.6 is 0 Å². The van der Waals surface area contributed by atoms with E-state index in [1.807, 2.05) is 29.1 Å². The summed E-state index contributed by atoms with van der Waals surface area (Å²) in [4.78, 5) is 4.05. The molecule has 4 aromatic rings. The largest absolute Gasteiger partial charge is 0.384 e. The first-order chi connectivity index (χ1) is 11.2. The van der Waals surface area contributed by atoms with Crippen LogP contribution in [0, 0.1) is 6.92 Å². The summed E-state index contributed by atoms with van der Waals surface area (Å²) in [6, 6.07) is 18.5. The van der Waals surface area contributed by atoms with Gasteiger partial charge in [0, 0.05) is 11.6 Å². The van der Waals surface area contributed by atoms with Gasteiger partial charge in [-0.05, 0) is 53.9 Å². The number of hydrogen-bond donors (Lipinski definition) is 1. The highest BCUT2D eigenvalue weighted by Crippen LogP contribution is 2.26. The quantitative estimate of drug-likeness (QED) is 0.609. The first kappa shape index (κ1) is 13.5. The molecule has 0 spiro atoms. The first-order valence-corrected chi connectivity index (χ1v) is 7.47. The molecule has 0 saturated heterocycles. The highest BCUT2D eigenvalue weighted by atomic mass is 15.3. The summed E-state index contributed by atoms with van der Waals surface area (Å²) < 4.78 is 1.97. The Kier molecular flexibility index (Phi) is 3.08. The van der Waals surface area contributed by atoms with Gasteiger partial charge in [-0.1, -0.05) is 24.3 Å². The fourth-order valence-corrected chi connectivity index (χ4v) is 2.79. The number of aromatic nitrogens is 3. The summed E-state index contributed by atoms with van der Waals surface area (Å²) in [6.45, 7) is 2.08. The molecular weight excluding hydrogens is 284 g/mol. The number of rotatable bonds is 2. The Labute approximate surface area is 134 Å². The van der Waals surface area contributed by atoms with Gasteiger partial charge in [0.15, 0.2) is 0 Å². The van der Waals surface area contributed by atoms with Crippen molar-refractivity contribution in [2.75, 3.05) is 5.73 Å². The normalized spacial score (nSPS) is 11.0. The lowest BCUT2D eigenvalue weighted by molar-refractivity contribution is 0.909. The Bertz CT molecular complexity index is 1000. The van der Waals surface area contributed by atoms with E-state index in [2.05, 4.69) is 53.4 Å². The lowest BCUT2D eigenvalue weighted by Crippen LogP contribution is -1.96. The number of nitrogen functional groups attached to an aromatic ring is 1. The number of pyridine rings is 1. The van der Waals surface area contributed by atoms with Gasteiger partial charge in [-0.25, -0.2) is 9.67 Å². The van der Waals surface area contributed by atoms with Gasteiger partial charge in [0.25, 0.3) is 0 Å². The number of fused-ring (bicyclic) bond motifs is 1. The average molecular weight is 300 g/mol. The van der Waals surface area contributed by atoms with Crippen LogP contribution in [0.4, 0.5) is 5.82 Å². The van der Waals surface area contributed by atoms with Gasteiger partial charge < -0.3 is 5.73 Å². The van der Waals surface area contributed by atoms with Crippen LogP contribution < -0.4 is 5.73 Å². The van der Waals surface area contributed by atoms with Crippen LogP contribution in [0.2, 0.25) is 0 Å². The third kappa shape index (κ3) is 2.44. The van der Waals surface area contributed by atoms with Gasteiger partial charge in [0.05, 0.1) is 17.4 Å². The van der Waals surface area contributed by atoms with E-state index in [0.717, 1.165) is 27.7 Å². The maximum absolute atomic E-state index is 5.80. The number of nitrogens with two attached hydrogens (primary N) is 1. The van der Waals surface area contributed by atoms with Crippen molar-refractivity contribution in [2.45, 2.75) is 6.92 Å². The van der Waals surface area contributed by atoms with Crippen molar-refractivity contribution >= 4 is 16.7 Å². The summed E-state index contributed by atoms with van der Waals surface area (Å²) in [5.41, 5.74) is 11.3. The van der Waals surface area contributed by atoms with E-state index in [1.165, 1.54) is 5.56 Å². The molecule has 112 valence electrons. The van der Waals surface area contributed by atoms with Crippen LogP contribution in [-0.2, 0) is 0 Å². The molecule has 0 aliphatic rings. The first-order valence-electron chi connectivity index (χ1n) is 7.47. The minimum absolute atomic E-state index is 0.523. The van der Waals surface area contributed by atoms with Crippen molar-refractivity contribution in [1.29, 1.82) is 0 Å². The second kappa shape index (κ2) is 5.25. The molecule has 0 radical (unpaired) electrons. The molecule has 4 nitrogen and oxygen atoms in total. The minimum Gasteiger partial charge on any atom is -0.384 e. The molecule has 4 heteroatoms. The summed E-state index contributed by atoms with van der Waals surface area (Å²) in [5, 5.41) is 5.65. The highest BCUT2D eigenvalue weighted by Gasteiger charge is 2.07. The van der Waals surface area contributed by atoms with Crippen molar-refractivity contribution in [2.24, 2.45) is 0 Å². The second-order valence-electron chi connectivity index (χ2n) is 5.64. The number of nitrogens with zero attached hydrogens (tertiary/aromatic N) is 3. The van der Waals surface area contributed by atoms with Crippen LogP contribution in [0.15, 0.2) is 67.0 Å². The Morgan fingerprint density at radius 1 is 0.957 bits per heavy atom. The third-order valence-electron chi connectivity index (χ3n) is 3.93. The molecule has 0 atom stereocenters. The van der Waals surface area contributed by atoms with E-state index in [1.54, 1.807) is 6.20 Å². The fraction of sp³-hybridized carbons (Fsp3) is 0.0526. The molecule has 0 aliphatic heterocycles. The highest BCUT2D eigenvalue weighted by molar-refractivity contribution is 5.85. The summed E-state index contributed by atoms with van der Waals surface area (Å²) in [7, 11) is 0. The van der Waals surface area contributed by atoms with Crippen LogP contribution in [0.3, 0.4) is 0 Å². The maximum atomic E-state index is 5.80. The standard InChI is InChI=1S/C19H16N4/c1-13-3-2-4-17(9-13)23-18-10-14(5-6-16(18)12-22-23)15-7-8-21-19(20)11-15/h2-12H,1H3,(H2,20,21). The topological polar surface area (TPSA) is 56.7 Å². The number of aryl methyl sites for hydroxylation is 1. The van der Waals surface area contributed by atoms with E-state index in [9.17, 15) is 0 Å². The van der Waals surface area contributed by atoms with Gasteiger partial charge in [0.1, 0.15) is 5.82 Å². The number of hydrogen-bond acceptors (Lipinski definition) is 3. The molecule has 2 aromatic carbocycles. The average Bonchev–Trinajstić information content (AvgIpc) is 2.98. The molecule has 0 amide bonds. The van der Waals surface area contributed by atoms with Gasteiger partial charge in [-0.15, -0.1) is 0 Å². The van der Waals surface area contributed by atoms with E-state index in [4.69, 9.17) is 5.73 Å². The van der Waals surface area contributed by atoms with Gasteiger partial charge in [0.2, 0.25) is 0 Å². The zero-order valence-corrected chi connectivity index (χ0v) is 12.8. The van der Waals surface area contributed by atoms with Gasteiger partial charge >= 0.3 is 0 Å². The molecular formula is C19H16N4. The molecule has 23 heavy (non-hydrogen) atoms. The van der Waals surface area contributed by atoms with Crippen molar-refractivity contribution < 1.29 is 0 Å².